The van der Waals surface area contributed by atoms with Crippen LogP contribution in [-0.2, 0) is 15.1 Å². The van der Waals surface area contributed by atoms with E-state index in [2.05, 4.69) is 26.5 Å². The summed E-state index contributed by atoms with van der Waals surface area (Å²) < 4.78 is 1.34. The van der Waals surface area contributed by atoms with Crippen molar-refractivity contribution in [3.05, 3.63) is 24.7 Å². The lowest BCUT2D eigenvalue weighted by Gasteiger charge is -2.20. The lowest BCUT2D eigenvalue weighted by Crippen LogP contribution is -2.35. The number of nitriles is 1. The van der Waals surface area contributed by atoms with Crippen LogP contribution >= 0.6 is 12.4 Å². The minimum absolute atomic E-state index is 0. The van der Waals surface area contributed by atoms with E-state index in [0.717, 1.165) is 12.8 Å². The third-order valence-electron chi connectivity index (χ3n) is 5.68. The van der Waals surface area contributed by atoms with Gasteiger partial charge in [0.05, 0.1) is 18.0 Å². The fourth-order valence-electron chi connectivity index (χ4n) is 3.59. The summed E-state index contributed by atoms with van der Waals surface area (Å²) in [6.07, 6.45) is 6.92. The third-order valence-corrected chi connectivity index (χ3v) is 5.68. The van der Waals surface area contributed by atoms with Gasteiger partial charge in [0.1, 0.15) is 11.2 Å². The first kappa shape index (κ1) is 21.5. The van der Waals surface area contributed by atoms with E-state index in [9.17, 15) is 20.0 Å². The van der Waals surface area contributed by atoms with Crippen molar-refractivity contribution in [2.24, 2.45) is 11.3 Å². The zero-order chi connectivity index (χ0) is 20.8. The summed E-state index contributed by atoms with van der Waals surface area (Å²) in [7, 11) is 0. The summed E-state index contributed by atoms with van der Waals surface area (Å²) in [5.41, 5.74) is -1.61. The molecule has 2 N–H and O–H groups in total. The first-order valence-corrected chi connectivity index (χ1v) is 9.40. The average molecular weight is 432 g/mol. The highest BCUT2D eigenvalue weighted by molar-refractivity contribution is 6.01. The Bertz CT molecular complexity index is 1030. The number of amides is 1. The molecule has 11 heteroatoms. The first-order valence-electron chi connectivity index (χ1n) is 9.40. The molecule has 0 bridgehead atoms. The van der Waals surface area contributed by atoms with Gasteiger partial charge in [-0.15, -0.1) is 12.4 Å². The van der Waals surface area contributed by atoms with Crippen molar-refractivity contribution >= 4 is 41.7 Å². The number of nitrogens with one attached hydrogen (secondary N) is 1. The van der Waals surface area contributed by atoms with Gasteiger partial charge in [0, 0.05) is 18.9 Å². The molecule has 2 aromatic rings. The predicted octanol–water partition coefficient (Wildman–Crippen LogP) is 2.31. The molecule has 158 valence electrons. The highest BCUT2D eigenvalue weighted by Crippen LogP contribution is 2.51. The van der Waals surface area contributed by atoms with Crippen molar-refractivity contribution in [2.45, 2.75) is 38.6 Å². The van der Waals surface area contributed by atoms with E-state index < -0.39 is 16.9 Å². The van der Waals surface area contributed by atoms with Gasteiger partial charge in [-0.05, 0) is 45.1 Å². The molecule has 10 nitrogen and oxygen atoms in total. The molecule has 2 fully saturated rings. The number of aromatic nitrogens is 4. The molecule has 2 aromatic heterocycles. The number of carbonyl (C=O) groups excluding carboxylic acids is 1. The molecular weight excluding hydrogens is 410 g/mol. The molecule has 0 aromatic carbocycles. The van der Waals surface area contributed by atoms with Crippen LogP contribution in [0.4, 0.5) is 17.5 Å². The minimum atomic E-state index is -1.20. The lowest BCUT2D eigenvalue weighted by atomic mass is 9.83. The minimum Gasteiger partial charge on any atom is -0.479 e. The smallest absolute Gasteiger partial charge is 0.331 e. The topological polar surface area (TPSA) is 137 Å². The number of hydrogen-bond donors (Lipinski definition) is 2. The number of rotatable bonds is 6. The molecule has 4 rings (SSSR count). The second kappa shape index (κ2) is 7.57. The average Bonchev–Trinajstić information content (AvgIpc) is 3.34. The van der Waals surface area contributed by atoms with Gasteiger partial charge in [0.15, 0.2) is 5.54 Å². The van der Waals surface area contributed by atoms with Gasteiger partial charge in [-0.2, -0.15) is 15.3 Å². The zero-order valence-electron chi connectivity index (χ0n) is 16.6. The molecule has 0 spiro atoms. The van der Waals surface area contributed by atoms with Crippen LogP contribution in [0.5, 0.6) is 0 Å². The van der Waals surface area contributed by atoms with E-state index in [1.54, 1.807) is 31.0 Å². The number of hydrogen-bond acceptors (Lipinski definition) is 7. The van der Waals surface area contributed by atoms with E-state index in [-0.39, 0.29) is 30.2 Å². The molecule has 1 saturated carbocycles. The highest BCUT2D eigenvalue weighted by Gasteiger charge is 2.57. The van der Waals surface area contributed by atoms with E-state index >= 15 is 0 Å². The fourth-order valence-corrected chi connectivity index (χ4v) is 3.59. The van der Waals surface area contributed by atoms with Crippen LogP contribution in [0.25, 0.3) is 0 Å². The van der Waals surface area contributed by atoms with Gasteiger partial charge in [-0.25, -0.2) is 9.78 Å². The molecular formula is C19H22ClN7O3. The molecule has 1 atom stereocenters. The van der Waals surface area contributed by atoms with Crippen LogP contribution in [-0.4, -0.2) is 43.3 Å². The van der Waals surface area contributed by atoms with Crippen molar-refractivity contribution in [3.8, 4) is 6.07 Å². The van der Waals surface area contributed by atoms with E-state index in [1.165, 1.54) is 17.1 Å². The normalized spacial score (nSPS) is 21.1. The number of anilines is 3. The van der Waals surface area contributed by atoms with Crippen molar-refractivity contribution in [2.75, 3.05) is 16.8 Å². The second-order valence-corrected chi connectivity index (χ2v) is 7.97. The number of carboxylic acid groups (broad SMARTS) is 1. The maximum absolute atomic E-state index is 12.9. The monoisotopic (exact) mass is 431 g/mol. The van der Waals surface area contributed by atoms with Crippen LogP contribution in [0.15, 0.2) is 24.7 Å². The molecule has 1 saturated heterocycles. The Morgan fingerprint density at radius 3 is 2.80 bits per heavy atom. The summed E-state index contributed by atoms with van der Waals surface area (Å²) in [6, 6.07) is 3.90. The Kier molecular flexibility index (Phi) is 5.43. The summed E-state index contributed by atoms with van der Waals surface area (Å²) in [5, 5.41) is 26.0. The van der Waals surface area contributed by atoms with E-state index in [1.807, 2.05) is 0 Å². The summed E-state index contributed by atoms with van der Waals surface area (Å²) in [5.74, 6) is -0.363. The Morgan fingerprint density at radius 1 is 1.43 bits per heavy atom. The van der Waals surface area contributed by atoms with Gasteiger partial charge < -0.3 is 10.4 Å². The summed E-state index contributed by atoms with van der Waals surface area (Å²) in [4.78, 5) is 34.4. The first-order chi connectivity index (χ1) is 13.8. The van der Waals surface area contributed by atoms with Crippen LogP contribution < -0.4 is 10.2 Å². The van der Waals surface area contributed by atoms with Crippen molar-refractivity contribution in [1.29, 1.82) is 5.26 Å². The summed E-state index contributed by atoms with van der Waals surface area (Å²) in [6.45, 7) is 3.54. The fraction of sp³-hybridized carbons (Fsp3) is 0.474. The van der Waals surface area contributed by atoms with Crippen LogP contribution in [0.3, 0.4) is 0 Å². The number of carboxylic acids is 1. The van der Waals surface area contributed by atoms with Gasteiger partial charge in [0.2, 0.25) is 11.9 Å². The Hall–Kier alpha value is -3.19. The molecule has 30 heavy (non-hydrogen) atoms. The van der Waals surface area contributed by atoms with Crippen molar-refractivity contribution in [1.82, 2.24) is 19.7 Å². The maximum atomic E-state index is 12.9. The van der Waals surface area contributed by atoms with E-state index in [0.29, 0.717) is 24.5 Å². The van der Waals surface area contributed by atoms with Gasteiger partial charge in [-0.1, -0.05) is 0 Å². The summed E-state index contributed by atoms with van der Waals surface area (Å²) >= 11 is 0. The maximum Gasteiger partial charge on any atom is 0.331 e. The Balaban J connectivity index is 0.00000256. The van der Waals surface area contributed by atoms with Crippen LogP contribution in [0.2, 0.25) is 0 Å². The molecule has 2 aliphatic rings. The molecule has 1 aliphatic heterocycles. The lowest BCUT2D eigenvalue weighted by molar-refractivity contribution is -0.146. The third kappa shape index (κ3) is 3.45. The Labute approximate surface area is 179 Å². The molecule has 0 radical (unpaired) electrons. The predicted molar refractivity (Wildman–Crippen MR) is 109 cm³/mol. The van der Waals surface area contributed by atoms with E-state index in [4.69, 9.17) is 0 Å². The molecule has 1 amide bonds. The second-order valence-electron chi connectivity index (χ2n) is 7.97. The number of carbonyl (C=O) groups is 2. The Morgan fingerprint density at radius 2 is 2.17 bits per heavy atom. The number of aliphatic carboxylic acids is 1. The molecule has 0 unspecified atom stereocenters. The van der Waals surface area contributed by atoms with Crippen LogP contribution in [0.1, 0.15) is 33.1 Å². The van der Waals surface area contributed by atoms with Gasteiger partial charge in [-0.3, -0.25) is 14.4 Å². The number of nitrogens with zero attached hydrogens (tertiary/aromatic N) is 6. The molecule has 3 heterocycles. The van der Waals surface area contributed by atoms with Crippen molar-refractivity contribution in [3.63, 3.8) is 0 Å². The SMILES string of the molecule is CC(C)(C(=O)O)n1cc(Nc2nccc(N3CC[C@@](C#N)(C4CC4)C3=O)n2)cn1.Cl. The van der Waals surface area contributed by atoms with Gasteiger partial charge in [0.25, 0.3) is 0 Å². The van der Waals surface area contributed by atoms with Crippen molar-refractivity contribution < 1.29 is 14.7 Å². The van der Waals surface area contributed by atoms with Gasteiger partial charge >= 0.3 is 5.97 Å². The standard InChI is InChI=1S/C19H21N7O3.ClH/c1-18(2,16(28)29)26-10-13(9-22-26)23-17-21-7-5-14(24-17)25-8-6-19(11-20,15(25)27)12-3-4-12;/h5,7,9-10,12H,3-4,6,8H2,1-2H3,(H,28,29)(H,21,23,24);1H/t19-;/m1./s1. The van der Waals surface area contributed by atoms with Crippen LogP contribution in [0, 0.1) is 22.7 Å². The zero-order valence-corrected chi connectivity index (χ0v) is 17.4. The highest BCUT2D eigenvalue weighted by atomic mass is 35.5. The molecule has 1 aliphatic carbocycles. The quantitative estimate of drug-likeness (QED) is 0.710. The largest absolute Gasteiger partial charge is 0.479 e. The number of halogens is 1.